The van der Waals surface area contributed by atoms with E-state index in [-0.39, 0.29) is 5.91 Å². The van der Waals surface area contributed by atoms with E-state index in [0.29, 0.717) is 25.5 Å². The highest BCUT2D eigenvalue weighted by Gasteiger charge is 2.07. The molecule has 0 spiro atoms. The predicted octanol–water partition coefficient (Wildman–Crippen LogP) is 3.98. The highest BCUT2D eigenvalue weighted by atomic mass is 32.2. The first-order valence-electron chi connectivity index (χ1n) is 8.35. The highest BCUT2D eigenvalue weighted by molar-refractivity contribution is 8.01. The number of aromatic nitrogens is 1. The van der Waals surface area contributed by atoms with Crippen molar-refractivity contribution >= 4 is 39.2 Å². The van der Waals surface area contributed by atoms with E-state index in [1.165, 1.54) is 11.8 Å². The molecule has 1 heterocycles. The quantitative estimate of drug-likeness (QED) is 0.444. The number of ether oxygens (including phenoxy) is 2. The molecule has 0 fully saturated rings. The Morgan fingerprint density at radius 3 is 2.58 bits per heavy atom. The van der Waals surface area contributed by atoms with E-state index in [4.69, 9.17) is 9.47 Å². The second kappa shape index (κ2) is 9.45. The number of carbonyl (C=O) groups is 1. The molecule has 0 bridgehead atoms. The zero-order chi connectivity index (χ0) is 18.2. The fraction of sp³-hybridized carbons (Fsp3) is 0.263. The van der Waals surface area contributed by atoms with Crippen molar-refractivity contribution < 1.29 is 14.3 Å². The molecule has 1 aromatic heterocycles. The number of thiazole rings is 1. The average Bonchev–Trinajstić information content (AvgIpc) is 3.08. The normalized spacial score (nSPS) is 10.7. The van der Waals surface area contributed by atoms with Crippen LogP contribution in [0.25, 0.3) is 10.2 Å². The number of nitrogens with one attached hydrogen (secondary N) is 1. The lowest BCUT2D eigenvalue weighted by Crippen LogP contribution is -2.29. The number of nitrogens with zero attached hydrogens (tertiary/aromatic N) is 1. The monoisotopic (exact) mass is 388 g/mol. The van der Waals surface area contributed by atoms with E-state index >= 15 is 0 Å². The van der Waals surface area contributed by atoms with Crippen LogP contribution in [-0.4, -0.2) is 36.4 Å². The zero-order valence-electron chi connectivity index (χ0n) is 14.4. The van der Waals surface area contributed by atoms with Gasteiger partial charge in [0.05, 0.1) is 29.1 Å². The summed E-state index contributed by atoms with van der Waals surface area (Å²) in [5.74, 6) is 1.90. The third-order valence-corrected chi connectivity index (χ3v) is 5.61. The van der Waals surface area contributed by atoms with E-state index in [1.807, 2.05) is 55.5 Å². The van der Waals surface area contributed by atoms with Gasteiger partial charge in [0.15, 0.2) is 4.34 Å². The Kier molecular flexibility index (Phi) is 6.74. The molecule has 26 heavy (non-hydrogen) atoms. The lowest BCUT2D eigenvalue weighted by atomic mass is 10.3. The number of rotatable bonds is 9. The summed E-state index contributed by atoms with van der Waals surface area (Å²) in [6.07, 6.45) is 0. The van der Waals surface area contributed by atoms with Crippen LogP contribution in [-0.2, 0) is 4.79 Å². The smallest absolute Gasteiger partial charge is 0.230 e. The Hall–Kier alpha value is -2.25. The third-order valence-electron chi connectivity index (χ3n) is 3.43. The highest BCUT2D eigenvalue weighted by Crippen LogP contribution is 2.29. The van der Waals surface area contributed by atoms with E-state index in [0.717, 1.165) is 26.1 Å². The van der Waals surface area contributed by atoms with Gasteiger partial charge in [0, 0.05) is 0 Å². The molecule has 3 rings (SSSR count). The van der Waals surface area contributed by atoms with Crippen molar-refractivity contribution in [3.8, 4) is 11.5 Å². The molecule has 0 aliphatic rings. The summed E-state index contributed by atoms with van der Waals surface area (Å²) in [5.41, 5.74) is 0.976. The lowest BCUT2D eigenvalue weighted by molar-refractivity contribution is -0.118. The van der Waals surface area contributed by atoms with Gasteiger partial charge in [0.2, 0.25) is 5.91 Å². The van der Waals surface area contributed by atoms with Gasteiger partial charge in [-0.2, -0.15) is 0 Å². The molecular weight excluding hydrogens is 368 g/mol. The molecule has 1 N–H and O–H groups in total. The van der Waals surface area contributed by atoms with Gasteiger partial charge in [-0.3, -0.25) is 4.79 Å². The summed E-state index contributed by atoms with van der Waals surface area (Å²) >= 11 is 3.06. The summed E-state index contributed by atoms with van der Waals surface area (Å²) in [5, 5.41) is 2.86. The second-order valence-electron chi connectivity index (χ2n) is 5.34. The zero-order valence-corrected chi connectivity index (χ0v) is 16.1. The Bertz CT molecular complexity index is 816. The fourth-order valence-electron chi connectivity index (χ4n) is 2.25. The number of hydrogen-bond acceptors (Lipinski definition) is 6. The van der Waals surface area contributed by atoms with Crippen molar-refractivity contribution in [1.82, 2.24) is 10.3 Å². The number of amides is 1. The van der Waals surface area contributed by atoms with Gasteiger partial charge in [0.25, 0.3) is 0 Å². The summed E-state index contributed by atoms with van der Waals surface area (Å²) in [7, 11) is 0. The summed E-state index contributed by atoms with van der Waals surface area (Å²) in [6, 6.07) is 15.4. The fourth-order valence-corrected chi connectivity index (χ4v) is 4.15. The molecule has 0 saturated heterocycles. The van der Waals surface area contributed by atoms with Gasteiger partial charge in [-0.15, -0.1) is 11.3 Å². The van der Waals surface area contributed by atoms with Gasteiger partial charge in [-0.05, 0) is 43.3 Å². The summed E-state index contributed by atoms with van der Waals surface area (Å²) in [4.78, 5) is 16.4. The molecule has 0 saturated carbocycles. The van der Waals surface area contributed by atoms with E-state index < -0.39 is 0 Å². The van der Waals surface area contributed by atoms with Crippen molar-refractivity contribution in [2.45, 2.75) is 11.3 Å². The average molecular weight is 389 g/mol. The summed E-state index contributed by atoms with van der Waals surface area (Å²) in [6.45, 7) is 3.47. The van der Waals surface area contributed by atoms with Gasteiger partial charge < -0.3 is 14.8 Å². The number of thioether (sulfide) groups is 1. The van der Waals surface area contributed by atoms with Crippen LogP contribution in [0.1, 0.15) is 6.92 Å². The van der Waals surface area contributed by atoms with Crippen LogP contribution in [0.5, 0.6) is 11.5 Å². The van der Waals surface area contributed by atoms with Crippen molar-refractivity contribution in [2.75, 3.05) is 25.5 Å². The topological polar surface area (TPSA) is 60.5 Å². The Morgan fingerprint density at radius 2 is 1.85 bits per heavy atom. The maximum atomic E-state index is 11.9. The van der Waals surface area contributed by atoms with Gasteiger partial charge in [-0.1, -0.05) is 23.9 Å². The second-order valence-corrected chi connectivity index (χ2v) is 7.59. The molecule has 0 aliphatic carbocycles. The molecule has 7 heteroatoms. The first kappa shape index (κ1) is 18.5. The van der Waals surface area contributed by atoms with Crippen LogP contribution in [0.4, 0.5) is 0 Å². The Morgan fingerprint density at radius 1 is 1.12 bits per heavy atom. The molecule has 136 valence electrons. The van der Waals surface area contributed by atoms with Crippen molar-refractivity contribution in [3.05, 3.63) is 48.5 Å². The van der Waals surface area contributed by atoms with Crippen LogP contribution < -0.4 is 14.8 Å². The Labute approximate surface area is 160 Å². The van der Waals surface area contributed by atoms with Crippen molar-refractivity contribution in [1.29, 1.82) is 0 Å². The SMILES string of the molecule is CCOc1ccc(OCCNC(=O)CSc2nc3ccccc3s2)cc1. The van der Waals surface area contributed by atoms with Gasteiger partial charge in [-0.25, -0.2) is 4.98 Å². The minimum absolute atomic E-state index is 0.0236. The number of fused-ring (bicyclic) bond motifs is 1. The molecule has 3 aromatic rings. The van der Waals surface area contributed by atoms with Gasteiger partial charge >= 0.3 is 0 Å². The van der Waals surface area contributed by atoms with Gasteiger partial charge in [0.1, 0.15) is 18.1 Å². The maximum absolute atomic E-state index is 11.9. The minimum Gasteiger partial charge on any atom is -0.494 e. The van der Waals surface area contributed by atoms with E-state index in [2.05, 4.69) is 10.3 Å². The van der Waals surface area contributed by atoms with Crippen LogP contribution in [0.3, 0.4) is 0 Å². The number of carbonyl (C=O) groups excluding carboxylic acids is 1. The maximum Gasteiger partial charge on any atom is 0.230 e. The van der Waals surface area contributed by atoms with E-state index in [1.54, 1.807) is 11.3 Å². The molecule has 5 nitrogen and oxygen atoms in total. The van der Waals surface area contributed by atoms with Crippen LogP contribution in [0.2, 0.25) is 0 Å². The molecule has 0 atom stereocenters. The van der Waals surface area contributed by atoms with Crippen molar-refractivity contribution in [3.63, 3.8) is 0 Å². The largest absolute Gasteiger partial charge is 0.494 e. The van der Waals surface area contributed by atoms with Crippen LogP contribution in [0.15, 0.2) is 52.9 Å². The number of benzene rings is 2. The molecule has 0 unspecified atom stereocenters. The summed E-state index contributed by atoms with van der Waals surface area (Å²) < 4.78 is 13.0. The lowest BCUT2D eigenvalue weighted by Gasteiger charge is -2.08. The molecule has 1 amide bonds. The predicted molar refractivity (Wildman–Crippen MR) is 106 cm³/mol. The third kappa shape index (κ3) is 5.37. The number of hydrogen-bond donors (Lipinski definition) is 1. The van der Waals surface area contributed by atoms with E-state index in [9.17, 15) is 4.79 Å². The first-order valence-corrected chi connectivity index (χ1v) is 10.2. The van der Waals surface area contributed by atoms with Crippen LogP contribution >= 0.6 is 23.1 Å². The molecule has 0 aliphatic heterocycles. The molecule has 0 radical (unpaired) electrons. The van der Waals surface area contributed by atoms with Crippen LogP contribution in [0, 0.1) is 0 Å². The standard InChI is InChI=1S/C19H20N2O3S2/c1-2-23-14-7-9-15(10-8-14)24-12-11-20-18(22)13-25-19-21-16-5-3-4-6-17(16)26-19/h3-10H,2,11-13H2,1H3,(H,20,22). The Balaban J connectivity index is 1.35. The molecule has 2 aromatic carbocycles. The molecular formula is C19H20N2O3S2. The first-order chi connectivity index (χ1) is 12.7. The number of para-hydroxylation sites is 1. The van der Waals surface area contributed by atoms with Crippen molar-refractivity contribution in [2.24, 2.45) is 0 Å². The minimum atomic E-state index is -0.0236.